The van der Waals surface area contributed by atoms with Crippen molar-refractivity contribution in [2.45, 2.75) is 35.1 Å². The van der Waals surface area contributed by atoms with E-state index in [0.29, 0.717) is 0 Å². The first kappa shape index (κ1) is 15.9. The van der Waals surface area contributed by atoms with E-state index in [0.717, 1.165) is 37.1 Å². The third-order valence-corrected chi connectivity index (χ3v) is 5.91. The van der Waals surface area contributed by atoms with Crippen LogP contribution in [0, 0.1) is 11.3 Å². The summed E-state index contributed by atoms with van der Waals surface area (Å²) in [5.74, 6) is 0. The van der Waals surface area contributed by atoms with Crippen molar-refractivity contribution in [3.8, 4) is 6.07 Å². The van der Waals surface area contributed by atoms with Crippen LogP contribution in [0.15, 0.2) is 34.1 Å². The van der Waals surface area contributed by atoms with E-state index in [9.17, 15) is 20.7 Å². The van der Waals surface area contributed by atoms with E-state index in [1.54, 1.807) is 0 Å². The molecule has 1 fully saturated rings. The molecule has 0 amide bonds. The predicted octanol–water partition coefficient (Wildman–Crippen LogP) is 1.41. The van der Waals surface area contributed by atoms with Crippen LogP contribution in [0.2, 0.25) is 0 Å². The Bertz CT molecular complexity index is 762. The molecule has 0 bridgehead atoms. The van der Waals surface area contributed by atoms with E-state index in [1.807, 2.05) is 6.07 Å². The Labute approximate surface area is 123 Å². The van der Waals surface area contributed by atoms with Gasteiger partial charge in [-0.05, 0) is 37.1 Å². The van der Waals surface area contributed by atoms with Gasteiger partial charge in [0.1, 0.15) is 0 Å². The van der Waals surface area contributed by atoms with Gasteiger partial charge in [0.2, 0.25) is 10.0 Å². The molecule has 9 heteroatoms. The van der Waals surface area contributed by atoms with E-state index >= 15 is 0 Å². The average Bonchev–Trinajstić information content (AvgIpc) is 3.23. The quantitative estimate of drug-likeness (QED) is 0.734. The first-order chi connectivity index (χ1) is 9.76. The van der Waals surface area contributed by atoms with Gasteiger partial charge in [-0.3, -0.25) is 0 Å². The Morgan fingerprint density at radius 2 is 1.67 bits per heavy atom. The summed E-state index contributed by atoms with van der Waals surface area (Å²) in [4.78, 5) is -0.698. The van der Waals surface area contributed by atoms with Crippen LogP contribution in [0.4, 0.5) is 3.89 Å². The van der Waals surface area contributed by atoms with Gasteiger partial charge in [-0.2, -0.15) is 18.0 Å². The maximum atomic E-state index is 12.8. The molecule has 1 aromatic carbocycles. The minimum absolute atomic E-state index is 0.0761. The number of benzene rings is 1. The minimum atomic E-state index is -4.85. The average molecular weight is 332 g/mol. The first-order valence-electron chi connectivity index (χ1n) is 6.20. The summed E-state index contributed by atoms with van der Waals surface area (Å²) in [6, 6.07) is 5.73. The van der Waals surface area contributed by atoms with E-state index in [-0.39, 0.29) is 23.9 Å². The normalized spacial score (nSPS) is 15.9. The van der Waals surface area contributed by atoms with Crippen molar-refractivity contribution in [3.05, 3.63) is 24.3 Å². The summed E-state index contributed by atoms with van der Waals surface area (Å²) in [7, 11) is -8.66. The first-order valence-corrected chi connectivity index (χ1v) is 9.02. The van der Waals surface area contributed by atoms with Crippen LogP contribution in [-0.4, -0.2) is 33.7 Å². The second-order valence-electron chi connectivity index (χ2n) is 4.66. The maximum Gasteiger partial charge on any atom is 0.332 e. The molecule has 0 saturated heterocycles. The summed E-state index contributed by atoms with van der Waals surface area (Å²) < 4.78 is 60.4. The zero-order chi connectivity index (χ0) is 15.7. The summed E-state index contributed by atoms with van der Waals surface area (Å²) in [6.07, 6.45) is 1.55. The third-order valence-electron chi connectivity index (χ3n) is 3.11. The zero-order valence-corrected chi connectivity index (χ0v) is 12.6. The van der Waals surface area contributed by atoms with Crippen LogP contribution in [0.1, 0.15) is 19.3 Å². The lowest BCUT2D eigenvalue weighted by Gasteiger charge is -2.20. The molecule has 0 spiro atoms. The van der Waals surface area contributed by atoms with Crippen molar-refractivity contribution in [1.29, 1.82) is 5.26 Å². The van der Waals surface area contributed by atoms with E-state index in [4.69, 9.17) is 5.26 Å². The van der Waals surface area contributed by atoms with Crippen LogP contribution in [0.3, 0.4) is 0 Å². The second-order valence-corrected chi connectivity index (χ2v) is 7.90. The van der Waals surface area contributed by atoms with Crippen LogP contribution in [0.5, 0.6) is 0 Å². The molecule has 0 unspecified atom stereocenters. The van der Waals surface area contributed by atoms with Gasteiger partial charge in [0.25, 0.3) is 0 Å². The lowest BCUT2D eigenvalue weighted by atomic mass is 10.4. The molecule has 21 heavy (non-hydrogen) atoms. The summed E-state index contributed by atoms with van der Waals surface area (Å²) in [5, 5.41) is 8.60. The van der Waals surface area contributed by atoms with Gasteiger partial charge in [0, 0.05) is 19.0 Å². The Morgan fingerprint density at radius 3 is 2.10 bits per heavy atom. The van der Waals surface area contributed by atoms with Crippen molar-refractivity contribution in [2.24, 2.45) is 0 Å². The maximum absolute atomic E-state index is 12.8. The van der Waals surface area contributed by atoms with E-state index < -0.39 is 25.1 Å². The molecule has 1 saturated carbocycles. The summed E-state index contributed by atoms with van der Waals surface area (Å²) >= 11 is 0. The second kappa shape index (κ2) is 5.71. The smallest absolute Gasteiger partial charge is 0.207 e. The molecule has 1 aliphatic rings. The monoisotopic (exact) mass is 332 g/mol. The topological polar surface area (TPSA) is 95.3 Å². The van der Waals surface area contributed by atoms with E-state index in [2.05, 4.69) is 0 Å². The Kier molecular flexibility index (Phi) is 4.32. The molecule has 1 aliphatic carbocycles. The fourth-order valence-electron chi connectivity index (χ4n) is 1.93. The van der Waals surface area contributed by atoms with Crippen molar-refractivity contribution >= 4 is 20.2 Å². The Hall–Kier alpha value is -1.50. The van der Waals surface area contributed by atoms with Crippen molar-refractivity contribution in [1.82, 2.24) is 4.31 Å². The van der Waals surface area contributed by atoms with Crippen molar-refractivity contribution in [3.63, 3.8) is 0 Å². The number of nitrogens with zero attached hydrogens (tertiary/aromatic N) is 2. The molecular weight excluding hydrogens is 319 g/mol. The van der Waals surface area contributed by atoms with Crippen molar-refractivity contribution < 1.29 is 20.7 Å². The molecule has 0 heterocycles. The van der Waals surface area contributed by atoms with Gasteiger partial charge in [0.05, 0.1) is 15.9 Å². The van der Waals surface area contributed by atoms with Crippen LogP contribution >= 0.6 is 0 Å². The molecular formula is C12H13FN2O4S2. The molecule has 0 aromatic heterocycles. The van der Waals surface area contributed by atoms with Crippen LogP contribution < -0.4 is 0 Å². The van der Waals surface area contributed by atoms with Gasteiger partial charge in [-0.25, -0.2) is 8.42 Å². The molecule has 0 aliphatic heterocycles. The van der Waals surface area contributed by atoms with Crippen molar-refractivity contribution in [2.75, 3.05) is 6.54 Å². The minimum Gasteiger partial charge on any atom is -0.207 e. The highest BCUT2D eigenvalue weighted by Crippen LogP contribution is 2.32. The number of hydrogen-bond donors (Lipinski definition) is 0. The highest BCUT2D eigenvalue weighted by molar-refractivity contribution is 7.89. The Morgan fingerprint density at radius 1 is 1.14 bits per heavy atom. The molecule has 0 N–H and O–H groups in total. The van der Waals surface area contributed by atoms with Crippen LogP contribution in [-0.2, 0) is 20.2 Å². The molecule has 114 valence electrons. The van der Waals surface area contributed by atoms with E-state index in [1.165, 1.54) is 4.31 Å². The Balaban J connectivity index is 2.32. The third kappa shape index (κ3) is 3.58. The lowest BCUT2D eigenvalue weighted by molar-refractivity contribution is 0.411. The van der Waals surface area contributed by atoms with Gasteiger partial charge < -0.3 is 0 Å². The standard InChI is InChI=1S/C12H13FN2O4S2/c13-20(16,17)11-4-6-12(7-5-11)21(18,19)15(9-1-8-14)10-2-3-10/h4-7,10H,1-3,9H2. The molecule has 1 aromatic rings. The highest BCUT2D eigenvalue weighted by Gasteiger charge is 2.37. The predicted molar refractivity (Wildman–Crippen MR) is 71.9 cm³/mol. The number of nitriles is 1. The van der Waals surface area contributed by atoms with Gasteiger partial charge in [-0.1, -0.05) is 0 Å². The highest BCUT2D eigenvalue weighted by atomic mass is 32.3. The fraction of sp³-hybridized carbons (Fsp3) is 0.417. The van der Waals surface area contributed by atoms with Gasteiger partial charge >= 0.3 is 10.2 Å². The van der Waals surface area contributed by atoms with Gasteiger partial charge in [0.15, 0.2) is 0 Å². The largest absolute Gasteiger partial charge is 0.332 e. The molecule has 0 radical (unpaired) electrons. The lowest BCUT2D eigenvalue weighted by Crippen LogP contribution is -2.34. The summed E-state index contributed by atoms with van der Waals surface area (Å²) in [6.45, 7) is 0.0899. The SMILES string of the molecule is N#CCCN(C1CC1)S(=O)(=O)c1ccc(S(=O)(=O)F)cc1. The summed E-state index contributed by atoms with van der Waals surface area (Å²) in [5.41, 5.74) is 0. The fourth-order valence-corrected chi connectivity index (χ4v) is 4.08. The number of rotatable bonds is 6. The number of sulfonamides is 1. The molecule has 6 nitrogen and oxygen atoms in total. The molecule has 0 atom stereocenters. The van der Waals surface area contributed by atoms with Gasteiger partial charge in [-0.15, -0.1) is 3.89 Å². The number of hydrogen-bond acceptors (Lipinski definition) is 5. The molecule has 2 rings (SSSR count). The number of halogens is 1. The zero-order valence-electron chi connectivity index (χ0n) is 10.9. The van der Waals surface area contributed by atoms with Crippen LogP contribution in [0.25, 0.3) is 0 Å².